The van der Waals surface area contributed by atoms with E-state index in [1.54, 1.807) is 24.3 Å². The van der Waals surface area contributed by atoms with Crippen molar-refractivity contribution in [1.82, 2.24) is 0 Å². The quantitative estimate of drug-likeness (QED) is 0.174. The lowest BCUT2D eigenvalue weighted by atomic mass is 9.83. The molecule has 0 saturated carbocycles. The molecule has 0 heterocycles. The average molecular weight is 525 g/mol. The number of azo groups is 2. The number of rotatable bonds is 12. The maximum atomic E-state index is 12.5. The standard InChI is InChI=1S/C31H36N6O2/c1-6-18-31(4,7-2)30(38)39-20-19-37(5)28-15-12-26(13-16-28)34-36-29-17-14-27(21-23(29)3)35-33-25-10-8-24(22-32)9-11-25/h8-17,21H,6-7,18-20H2,1-5H3. The largest absolute Gasteiger partial charge is 0.463 e. The minimum atomic E-state index is -0.408. The maximum Gasteiger partial charge on any atom is 0.311 e. The van der Waals surface area contributed by atoms with E-state index >= 15 is 0 Å². The fourth-order valence-corrected chi connectivity index (χ4v) is 3.97. The molecule has 8 heteroatoms. The SMILES string of the molecule is CCCC(C)(CC)C(=O)OCCN(C)c1ccc(N=Nc2ccc(N=Nc3ccc(C#N)cc3)cc2C)cc1. The zero-order chi connectivity index (χ0) is 28.3. The molecular formula is C31H36N6O2. The Bertz CT molecular complexity index is 1340. The first-order valence-electron chi connectivity index (χ1n) is 13.2. The Kier molecular flexibility index (Phi) is 10.4. The number of ether oxygens (including phenoxy) is 1. The molecule has 0 aliphatic carbocycles. The number of carbonyl (C=O) groups is 1. The van der Waals surface area contributed by atoms with Gasteiger partial charge in [0.05, 0.1) is 46.3 Å². The summed E-state index contributed by atoms with van der Waals surface area (Å²) in [4.78, 5) is 14.6. The Morgan fingerprint density at radius 2 is 1.51 bits per heavy atom. The Morgan fingerprint density at radius 3 is 2.10 bits per heavy atom. The van der Waals surface area contributed by atoms with E-state index in [-0.39, 0.29) is 5.97 Å². The lowest BCUT2D eigenvalue weighted by Crippen LogP contribution is -2.32. The highest BCUT2D eigenvalue weighted by Crippen LogP contribution is 2.30. The van der Waals surface area contributed by atoms with Crippen molar-refractivity contribution in [2.75, 3.05) is 25.1 Å². The van der Waals surface area contributed by atoms with Gasteiger partial charge in [-0.1, -0.05) is 20.3 Å². The molecule has 3 rings (SSSR count). The van der Waals surface area contributed by atoms with Gasteiger partial charge in [0, 0.05) is 12.7 Å². The highest BCUT2D eigenvalue weighted by molar-refractivity contribution is 5.76. The fraction of sp³-hybridized carbons (Fsp3) is 0.355. The van der Waals surface area contributed by atoms with Gasteiger partial charge in [0.15, 0.2) is 0 Å². The predicted molar refractivity (Wildman–Crippen MR) is 155 cm³/mol. The Morgan fingerprint density at radius 1 is 0.923 bits per heavy atom. The topological polar surface area (TPSA) is 103 Å². The molecule has 0 aliphatic heterocycles. The molecule has 0 aromatic heterocycles. The summed E-state index contributed by atoms with van der Waals surface area (Å²) in [5.74, 6) is -0.117. The lowest BCUT2D eigenvalue weighted by Gasteiger charge is -2.26. The van der Waals surface area contributed by atoms with Crippen LogP contribution in [-0.2, 0) is 9.53 Å². The lowest BCUT2D eigenvalue weighted by molar-refractivity contribution is -0.155. The van der Waals surface area contributed by atoms with Crippen molar-refractivity contribution < 1.29 is 9.53 Å². The van der Waals surface area contributed by atoms with Crippen molar-refractivity contribution in [1.29, 1.82) is 5.26 Å². The molecule has 0 N–H and O–H groups in total. The summed E-state index contributed by atoms with van der Waals surface area (Å²) >= 11 is 0. The van der Waals surface area contributed by atoms with Crippen LogP contribution in [0.2, 0.25) is 0 Å². The Labute approximate surface area is 231 Å². The maximum absolute atomic E-state index is 12.5. The number of carbonyl (C=O) groups excluding carboxylic acids is 1. The summed E-state index contributed by atoms with van der Waals surface area (Å²) in [5, 5.41) is 26.2. The van der Waals surface area contributed by atoms with Crippen molar-refractivity contribution in [2.24, 2.45) is 25.9 Å². The molecule has 0 aliphatic rings. The smallest absolute Gasteiger partial charge is 0.311 e. The van der Waals surface area contributed by atoms with Crippen molar-refractivity contribution in [2.45, 2.75) is 47.0 Å². The van der Waals surface area contributed by atoms with E-state index in [9.17, 15) is 4.79 Å². The first-order chi connectivity index (χ1) is 18.8. The molecule has 3 aromatic carbocycles. The number of nitriles is 1. The van der Waals surface area contributed by atoms with Crippen LogP contribution in [0.1, 0.15) is 51.2 Å². The molecule has 1 atom stereocenters. The van der Waals surface area contributed by atoms with Gasteiger partial charge in [-0.15, -0.1) is 0 Å². The summed E-state index contributed by atoms with van der Waals surface area (Å²) in [6, 6.07) is 22.4. The van der Waals surface area contributed by atoms with Gasteiger partial charge in [0.2, 0.25) is 0 Å². The van der Waals surface area contributed by atoms with Crippen LogP contribution in [-0.4, -0.2) is 26.2 Å². The molecule has 0 saturated heterocycles. The molecule has 202 valence electrons. The molecule has 8 nitrogen and oxygen atoms in total. The van der Waals surface area contributed by atoms with Gasteiger partial charge < -0.3 is 9.64 Å². The summed E-state index contributed by atoms with van der Waals surface area (Å²) in [5.41, 5.74) is 4.98. The van der Waals surface area contributed by atoms with Gasteiger partial charge in [-0.05, 0) is 99.0 Å². The molecule has 1 unspecified atom stereocenters. The van der Waals surface area contributed by atoms with Crippen LogP contribution in [0.5, 0.6) is 0 Å². The van der Waals surface area contributed by atoms with Crippen molar-refractivity contribution in [3.8, 4) is 6.07 Å². The molecular weight excluding hydrogens is 488 g/mol. The number of nitrogens with zero attached hydrogens (tertiary/aromatic N) is 6. The molecule has 39 heavy (non-hydrogen) atoms. The van der Waals surface area contributed by atoms with E-state index in [1.165, 1.54) is 0 Å². The average Bonchev–Trinajstić information content (AvgIpc) is 2.96. The second-order valence-corrected chi connectivity index (χ2v) is 9.77. The first kappa shape index (κ1) is 29.2. The van der Waals surface area contributed by atoms with Gasteiger partial charge in [-0.2, -0.15) is 25.7 Å². The number of anilines is 1. The number of aryl methyl sites for hydroxylation is 1. The third-order valence-electron chi connectivity index (χ3n) is 6.76. The number of benzene rings is 3. The van der Waals surface area contributed by atoms with E-state index in [0.717, 1.165) is 41.9 Å². The van der Waals surface area contributed by atoms with Crippen LogP contribution in [0.25, 0.3) is 0 Å². The van der Waals surface area contributed by atoms with Gasteiger partial charge in [-0.3, -0.25) is 4.79 Å². The summed E-state index contributed by atoms with van der Waals surface area (Å²) in [6.07, 6.45) is 2.57. The van der Waals surface area contributed by atoms with Crippen LogP contribution in [0, 0.1) is 23.7 Å². The van der Waals surface area contributed by atoms with Crippen LogP contribution >= 0.6 is 0 Å². The van der Waals surface area contributed by atoms with E-state index in [0.29, 0.717) is 30.1 Å². The number of likely N-dealkylation sites (N-methyl/N-ethyl adjacent to an activating group) is 1. The molecule has 0 bridgehead atoms. The third kappa shape index (κ3) is 8.30. The normalized spacial score (nSPS) is 12.8. The zero-order valence-corrected chi connectivity index (χ0v) is 23.4. The van der Waals surface area contributed by atoms with Crippen molar-refractivity contribution in [3.63, 3.8) is 0 Å². The number of esters is 1. The molecule has 0 fully saturated rings. The summed E-state index contributed by atoms with van der Waals surface area (Å²) < 4.78 is 5.58. The van der Waals surface area contributed by atoms with Crippen molar-refractivity contribution >= 4 is 34.4 Å². The van der Waals surface area contributed by atoms with Crippen molar-refractivity contribution in [3.05, 3.63) is 77.9 Å². The predicted octanol–water partition coefficient (Wildman–Crippen LogP) is 8.89. The number of hydrogen-bond acceptors (Lipinski definition) is 8. The molecule has 3 aromatic rings. The van der Waals surface area contributed by atoms with E-state index in [2.05, 4.69) is 33.4 Å². The molecule has 0 radical (unpaired) electrons. The van der Waals surface area contributed by atoms with E-state index < -0.39 is 5.41 Å². The van der Waals surface area contributed by atoms with E-state index in [1.807, 2.05) is 75.2 Å². The van der Waals surface area contributed by atoms with Gasteiger partial charge in [0.1, 0.15) is 6.61 Å². The molecule has 0 amide bonds. The van der Waals surface area contributed by atoms with Gasteiger partial charge >= 0.3 is 5.97 Å². The summed E-state index contributed by atoms with van der Waals surface area (Å²) in [7, 11) is 1.97. The minimum Gasteiger partial charge on any atom is -0.463 e. The van der Waals surface area contributed by atoms with Gasteiger partial charge in [-0.25, -0.2) is 0 Å². The minimum absolute atomic E-state index is 0.117. The fourth-order valence-electron chi connectivity index (χ4n) is 3.97. The van der Waals surface area contributed by atoms with Crippen LogP contribution in [0.15, 0.2) is 87.2 Å². The highest BCUT2D eigenvalue weighted by Gasteiger charge is 2.31. The van der Waals surface area contributed by atoms with Crippen LogP contribution in [0.4, 0.5) is 28.4 Å². The highest BCUT2D eigenvalue weighted by atomic mass is 16.5. The molecule has 0 spiro atoms. The van der Waals surface area contributed by atoms with Gasteiger partial charge in [0.25, 0.3) is 0 Å². The zero-order valence-electron chi connectivity index (χ0n) is 23.4. The number of hydrogen-bond donors (Lipinski definition) is 0. The third-order valence-corrected chi connectivity index (χ3v) is 6.76. The Balaban J connectivity index is 1.54. The monoisotopic (exact) mass is 524 g/mol. The second-order valence-electron chi connectivity index (χ2n) is 9.77. The Hall–Kier alpha value is -4.38. The second kappa shape index (κ2) is 14.0. The van der Waals surface area contributed by atoms with Crippen LogP contribution in [0.3, 0.4) is 0 Å². The van der Waals surface area contributed by atoms with E-state index in [4.69, 9.17) is 10.00 Å². The summed E-state index contributed by atoms with van der Waals surface area (Å²) in [6.45, 7) is 9.00. The van der Waals surface area contributed by atoms with Crippen LogP contribution < -0.4 is 4.90 Å². The first-order valence-corrected chi connectivity index (χ1v) is 13.2.